The SMILES string of the molecule is COc1ccccc1CNCc1cccc(Br)n1. The molecule has 0 saturated carbocycles. The van der Waals surface area contributed by atoms with Crippen LogP contribution in [0.15, 0.2) is 47.1 Å². The van der Waals surface area contributed by atoms with Crippen molar-refractivity contribution in [1.29, 1.82) is 0 Å². The molecule has 0 spiro atoms. The van der Waals surface area contributed by atoms with E-state index in [1.807, 2.05) is 36.4 Å². The third-order valence-electron chi connectivity index (χ3n) is 2.59. The lowest BCUT2D eigenvalue weighted by molar-refractivity contribution is 0.407. The van der Waals surface area contributed by atoms with Gasteiger partial charge in [-0.05, 0) is 34.1 Å². The minimum absolute atomic E-state index is 0.734. The number of pyridine rings is 1. The summed E-state index contributed by atoms with van der Waals surface area (Å²) in [7, 11) is 1.69. The van der Waals surface area contributed by atoms with E-state index in [-0.39, 0.29) is 0 Å². The molecule has 2 rings (SSSR count). The molecular weight excluding hydrogens is 292 g/mol. The smallest absolute Gasteiger partial charge is 0.123 e. The fourth-order valence-electron chi connectivity index (χ4n) is 1.72. The Labute approximate surface area is 115 Å². The lowest BCUT2D eigenvalue weighted by Gasteiger charge is -2.09. The summed E-state index contributed by atoms with van der Waals surface area (Å²) in [6.07, 6.45) is 0. The molecule has 0 aliphatic rings. The predicted octanol–water partition coefficient (Wildman–Crippen LogP) is 3.14. The summed E-state index contributed by atoms with van der Waals surface area (Å²) in [5.74, 6) is 0.909. The standard InChI is InChI=1S/C14H15BrN2O/c1-18-13-7-3-2-5-11(13)9-16-10-12-6-4-8-14(15)17-12/h2-8,16H,9-10H2,1H3. The number of benzene rings is 1. The molecule has 4 heteroatoms. The molecule has 3 nitrogen and oxygen atoms in total. The number of methoxy groups -OCH3 is 1. The summed E-state index contributed by atoms with van der Waals surface area (Å²) < 4.78 is 6.16. The van der Waals surface area contributed by atoms with Crippen LogP contribution in [-0.4, -0.2) is 12.1 Å². The van der Waals surface area contributed by atoms with Crippen LogP contribution in [0.4, 0.5) is 0 Å². The van der Waals surface area contributed by atoms with Crippen LogP contribution in [0.1, 0.15) is 11.3 Å². The van der Waals surface area contributed by atoms with Crippen LogP contribution in [0.25, 0.3) is 0 Å². The van der Waals surface area contributed by atoms with Gasteiger partial charge in [-0.25, -0.2) is 4.98 Å². The monoisotopic (exact) mass is 306 g/mol. The van der Waals surface area contributed by atoms with Crippen LogP contribution in [0.3, 0.4) is 0 Å². The number of halogens is 1. The van der Waals surface area contributed by atoms with E-state index in [2.05, 4.69) is 32.3 Å². The second-order valence-electron chi connectivity index (χ2n) is 3.87. The lowest BCUT2D eigenvalue weighted by atomic mass is 10.2. The molecule has 1 aromatic carbocycles. The van der Waals surface area contributed by atoms with E-state index in [1.54, 1.807) is 7.11 Å². The van der Waals surface area contributed by atoms with Gasteiger partial charge in [0, 0.05) is 18.7 Å². The van der Waals surface area contributed by atoms with Gasteiger partial charge in [0.15, 0.2) is 0 Å². The number of para-hydroxylation sites is 1. The number of rotatable bonds is 5. The second-order valence-corrected chi connectivity index (χ2v) is 4.68. The van der Waals surface area contributed by atoms with Gasteiger partial charge < -0.3 is 10.1 Å². The summed E-state index contributed by atoms with van der Waals surface area (Å²) in [5, 5.41) is 3.36. The highest BCUT2D eigenvalue weighted by Gasteiger charge is 2.01. The van der Waals surface area contributed by atoms with Gasteiger partial charge in [-0.15, -0.1) is 0 Å². The van der Waals surface area contributed by atoms with Crippen LogP contribution in [-0.2, 0) is 13.1 Å². The van der Waals surface area contributed by atoms with Gasteiger partial charge in [-0.3, -0.25) is 0 Å². The predicted molar refractivity (Wildman–Crippen MR) is 75.5 cm³/mol. The van der Waals surface area contributed by atoms with Crippen molar-refractivity contribution in [3.05, 3.63) is 58.3 Å². The van der Waals surface area contributed by atoms with Gasteiger partial charge in [-0.2, -0.15) is 0 Å². The quantitative estimate of drug-likeness (QED) is 0.862. The largest absolute Gasteiger partial charge is 0.496 e. The molecular formula is C14H15BrN2O. The molecule has 1 N–H and O–H groups in total. The van der Waals surface area contributed by atoms with Gasteiger partial charge in [0.05, 0.1) is 12.8 Å². The van der Waals surface area contributed by atoms with E-state index in [1.165, 1.54) is 0 Å². The number of hydrogen-bond donors (Lipinski definition) is 1. The van der Waals surface area contributed by atoms with Crippen LogP contribution in [0.5, 0.6) is 5.75 Å². The van der Waals surface area contributed by atoms with Gasteiger partial charge >= 0.3 is 0 Å². The zero-order valence-electron chi connectivity index (χ0n) is 10.2. The molecule has 0 radical (unpaired) electrons. The van der Waals surface area contributed by atoms with E-state index >= 15 is 0 Å². The van der Waals surface area contributed by atoms with Gasteiger partial charge in [0.25, 0.3) is 0 Å². The Bertz CT molecular complexity index is 517. The lowest BCUT2D eigenvalue weighted by Crippen LogP contribution is -2.14. The molecule has 1 aromatic heterocycles. The maximum absolute atomic E-state index is 5.30. The Morgan fingerprint density at radius 2 is 1.94 bits per heavy atom. The van der Waals surface area contributed by atoms with Crippen LogP contribution < -0.4 is 10.1 Å². The number of nitrogens with zero attached hydrogens (tertiary/aromatic N) is 1. The zero-order chi connectivity index (χ0) is 12.8. The summed E-state index contributed by atoms with van der Waals surface area (Å²) in [4.78, 5) is 4.37. The van der Waals surface area contributed by atoms with Gasteiger partial charge in [0.1, 0.15) is 10.4 Å². The van der Waals surface area contributed by atoms with Crippen molar-refractivity contribution < 1.29 is 4.74 Å². The van der Waals surface area contributed by atoms with Gasteiger partial charge in [0.2, 0.25) is 0 Å². The van der Waals surface area contributed by atoms with E-state index in [9.17, 15) is 0 Å². The molecule has 0 aliphatic carbocycles. The van der Waals surface area contributed by atoms with Crippen molar-refractivity contribution >= 4 is 15.9 Å². The summed E-state index contributed by atoms with van der Waals surface area (Å²) in [6.45, 7) is 1.50. The van der Waals surface area contributed by atoms with E-state index in [4.69, 9.17) is 4.74 Å². The Balaban J connectivity index is 1.92. The summed E-state index contributed by atoms with van der Waals surface area (Å²) >= 11 is 3.36. The maximum atomic E-state index is 5.30. The van der Waals surface area contributed by atoms with Crippen molar-refractivity contribution in [1.82, 2.24) is 10.3 Å². The molecule has 18 heavy (non-hydrogen) atoms. The zero-order valence-corrected chi connectivity index (χ0v) is 11.8. The fourth-order valence-corrected chi connectivity index (χ4v) is 2.10. The first-order valence-corrected chi connectivity index (χ1v) is 6.53. The van der Waals surface area contributed by atoms with Crippen molar-refractivity contribution in [3.8, 4) is 5.75 Å². The number of aromatic nitrogens is 1. The Morgan fingerprint density at radius 3 is 2.72 bits per heavy atom. The van der Waals surface area contributed by atoms with E-state index < -0.39 is 0 Å². The minimum Gasteiger partial charge on any atom is -0.496 e. The highest BCUT2D eigenvalue weighted by atomic mass is 79.9. The highest BCUT2D eigenvalue weighted by molar-refractivity contribution is 9.10. The Morgan fingerprint density at radius 1 is 1.11 bits per heavy atom. The molecule has 0 fully saturated rings. The van der Waals surface area contributed by atoms with Crippen molar-refractivity contribution in [3.63, 3.8) is 0 Å². The van der Waals surface area contributed by atoms with Crippen LogP contribution in [0, 0.1) is 0 Å². The third-order valence-corrected chi connectivity index (χ3v) is 3.03. The van der Waals surface area contributed by atoms with Crippen LogP contribution >= 0.6 is 15.9 Å². The molecule has 0 amide bonds. The molecule has 0 bridgehead atoms. The maximum Gasteiger partial charge on any atom is 0.123 e. The molecule has 94 valence electrons. The minimum atomic E-state index is 0.734. The summed E-state index contributed by atoms with van der Waals surface area (Å²) in [5.41, 5.74) is 2.16. The molecule has 2 aromatic rings. The topological polar surface area (TPSA) is 34.1 Å². The molecule has 0 saturated heterocycles. The molecule has 0 aliphatic heterocycles. The van der Waals surface area contributed by atoms with Gasteiger partial charge in [-0.1, -0.05) is 24.3 Å². The second kappa shape index (κ2) is 6.52. The summed E-state index contributed by atoms with van der Waals surface area (Å²) in [6, 6.07) is 13.9. The number of nitrogens with one attached hydrogen (secondary N) is 1. The normalized spacial score (nSPS) is 10.3. The highest BCUT2D eigenvalue weighted by Crippen LogP contribution is 2.16. The van der Waals surface area contributed by atoms with Crippen molar-refractivity contribution in [2.24, 2.45) is 0 Å². The fraction of sp³-hybridized carbons (Fsp3) is 0.214. The first kappa shape index (κ1) is 13.1. The third kappa shape index (κ3) is 3.55. The first-order chi connectivity index (χ1) is 8.79. The van der Waals surface area contributed by atoms with E-state index in [0.29, 0.717) is 0 Å². The molecule has 0 atom stereocenters. The number of hydrogen-bond acceptors (Lipinski definition) is 3. The average molecular weight is 307 g/mol. The molecule has 0 unspecified atom stereocenters. The Hall–Kier alpha value is -1.39. The van der Waals surface area contributed by atoms with Crippen LogP contribution in [0.2, 0.25) is 0 Å². The first-order valence-electron chi connectivity index (χ1n) is 5.73. The average Bonchev–Trinajstić information content (AvgIpc) is 2.39. The number of ether oxygens (including phenoxy) is 1. The van der Waals surface area contributed by atoms with Crippen molar-refractivity contribution in [2.75, 3.05) is 7.11 Å². The Kier molecular flexibility index (Phi) is 4.73. The van der Waals surface area contributed by atoms with Crippen molar-refractivity contribution in [2.45, 2.75) is 13.1 Å². The molecule has 1 heterocycles. The van der Waals surface area contributed by atoms with E-state index in [0.717, 1.165) is 34.7 Å².